The lowest BCUT2D eigenvalue weighted by Crippen LogP contribution is -2.50. The summed E-state index contributed by atoms with van der Waals surface area (Å²) in [5.74, 6) is 0.0976. The molecule has 1 amide bonds. The van der Waals surface area contributed by atoms with E-state index in [0.717, 1.165) is 11.6 Å². The van der Waals surface area contributed by atoms with Gasteiger partial charge in [0.2, 0.25) is 5.89 Å². The molecule has 12 heteroatoms. The van der Waals surface area contributed by atoms with Crippen LogP contribution in [0.3, 0.4) is 0 Å². The second kappa shape index (κ2) is 12.1. The summed E-state index contributed by atoms with van der Waals surface area (Å²) in [4.78, 5) is 25.9. The fraction of sp³-hybridized carbons (Fsp3) is 0.367. The SMILES string of the molecule is COCC(c1ccc(C)cc1)N1CCN(C(=O)c2nc(-c3ccc(OC)c4nc(C(F)(F)F)ccc34)oc2CN)CC1. The van der Waals surface area contributed by atoms with Crippen LogP contribution < -0.4 is 10.5 Å². The van der Waals surface area contributed by atoms with Gasteiger partial charge in [0, 0.05) is 44.2 Å². The molecule has 2 N–H and O–H groups in total. The van der Waals surface area contributed by atoms with Crippen LogP contribution in [-0.2, 0) is 17.5 Å². The number of nitrogens with two attached hydrogens (primary N) is 1. The molecule has 0 spiro atoms. The predicted octanol–water partition coefficient (Wildman–Crippen LogP) is 4.83. The number of amides is 1. The fourth-order valence-corrected chi connectivity index (χ4v) is 5.22. The van der Waals surface area contributed by atoms with Crippen molar-refractivity contribution in [2.75, 3.05) is 47.0 Å². The molecule has 1 saturated heterocycles. The van der Waals surface area contributed by atoms with Crippen LogP contribution in [0.4, 0.5) is 13.2 Å². The van der Waals surface area contributed by atoms with Crippen LogP contribution in [0, 0.1) is 6.92 Å². The number of methoxy groups -OCH3 is 2. The third-order valence-electron chi connectivity index (χ3n) is 7.48. The Balaban J connectivity index is 1.39. The lowest BCUT2D eigenvalue weighted by molar-refractivity contribution is -0.140. The minimum absolute atomic E-state index is 0.000474. The van der Waals surface area contributed by atoms with E-state index in [1.807, 2.05) is 6.92 Å². The van der Waals surface area contributed by atoms with E-state index in [0.29, 0.717) is 43.7 Å². The summed E-state index contributed by atoms with van der Waals surface area (Å²) in [6.45, 7) is 4.68. The highest BCUT2D eigenvalue weighted by Gasteiger charge is 2.34. The van der Waals surface area contributed by atoms with E-state index in [-0.39, 0.29) is 47.1 Å². The molecular weight excluding hydrogens is 551 g/mol. The van der Waals surface area contributed by atoms with Crippen molar-refractivity contribution in [3.63, 3.8) is 0 Å². The molecule has 1 aliphatic heterocycles. The highest BCUT2D eigenvalue weighted by atomic mass is 19.4. The zero-order chi connectivity index (χ0) is 30.0. The molecule has 4 aromatic rings. The number of hydrogen-bond acceptors (Lipinski definition) is 8. The summed E-state index contributed by atoms with van der Waals surface area (Å²) < 4.78 is 56.7. The number of ether oxygens (including phenoxy) is 2. The van der Waals surface area contributed by atoms with E-state index in [4.69, 9.17) is 19.6 Å². The van der Waals surface area contributed by atoms with Crippen molar-refractivity contribution in [2.24, 2.45) is 5.73 Å². The predicted molar refractivity (Wildman–Crippen MR) is 150 cm³/mol. The molecule has 0 aliphatic carbocycles. The van der Waals surface area contributed by atoms with Crippen molar-refractivity contribution in [3.8, 4) is 17.2 Å². The number of halogens is 3. The largest absolute Gasteiger partial charge is 0.494 e. The average Bonchev–Trinajstić information content (AvgIpc) is 3.43. The molecule has 1 fully saturated rings. The number of rotatable bonds is 8. The van der Waals surface area contributed by atoms with Crippen molar-refractivity contribution in [3.05, 3.63) is 76.8 Å². The fourth-order valence-electron chi connectivity index (χ4n) is 5.22. The van der Waals surface area contributed by atoms with Gasteiger partial charge < -0.3 is 24.5 Å². The Morgan fingerprint density at radius 3 is 2.36 bits per heavy atom. The highest BCUT2D eigenvalue weighted by Crippen LogP contribution is 2.37. The maximum absolute atomic E-state index is 13.6. The molecule has 1 unspecified atom stereocenters. The standard InChI is InChI=1S/C30H32F3N5O4/c1-18-4-6-19(7-5-18)22(17-40-2)37-12-14-38(15-13-37)29(39)27-24(16-34)42-28(36-27)21-8-10-23(41-3)26-20(21)9-11-25(35-26)30(31,32)33/h4-11,22H,12-17,34H2,1-3H3. The molecule has 2 aromatic carbocycles. The number of alkyl halides is 3. The van der Waals surface area contributed by atoms with Crippen LogP contribution in [0.25, 0.3) is 22.4 Å². The number of oxazole rings is 1. The maximum Gasteiger partial charge on any atom is 0.433 e. The number of aryl methyl sites for hydroxylation is 1. The minimum Gasteiger partial charge on any atom is -0.494 e. The Bertz CT molecular complexity index is 1560. The summed E-state index contributed by atoms with van der Waals surface area (Å²) in [5, 5.41) is 0.333. The Hall–Kier alpha value is -4.00. The Labute approximate surface area is 241 Å². The zero-order valence-electron chi connectivity index (χ0n) is 23.6. The molecule has 2 aromatic heterocycles. The lowest BCUT2D eigenvalue weighted by Gasteiger charge is -2.39. The molecule has 42 heavy (non-hydrogen) atoms. The monoisotopic (exact) mass is 583 g/mol. The Kier molecular flexibility index (Phi) is 8.48. The van der Waals surface area contributed by atoms with E-state index in [2.05, 4.69) is 39.1 Å². The number of carbonyl (C=O) groups is 1. The van der Waals surface area contributed by atoms with E-state index in [1.165, 1.54) is 24.8 Å². The minimum atomic E-state index is -4.63. The second-order valence-electron chi connectivity index (χ2n) is 10.1. The molecule has 0 bridgehead atoms. The number of pyridine rings is 1. The van der Waals surface area contributed by atoms with Gasteiger partial charge in [0.25, 0.3) is 5.91 Å². The molecular formula is C30H32F3N5O4. The molecule has 9 nitrogen and oxygen atoms in total. The first-order valence-corrected chi connectivity index (χ1v) is 13.5. The van der Waals surface area contributed by atoms with E-state index < -0.39 is 11.9 Å². The summed E-state index contributed by atoms with van der Waals surface area (Å²) >= 11 is 0. The van der Waals surface area contributed by atoms with Crippen LogP contribution >= 0.6 is 0 Å². The summed E-state index contributed by atoms with van der Waals surface area (Å²) in [7, 11) is 3.03. The van der Waals surface area contributed by atoms with Gasteiger partial charge in [-0.2, -0.15) is 13.2 Å². The number of nitrogens with zero attached hydrogens (tertiary/aromatic N) is 4. The maximum atomic E-state index is 13.6. The van der Waals surface area contributed by atoms with Crippen LogP contribution in [0.15, 0.2) is 52.9 Å². The number of aromatic nitrogens is 2. The zero-order valence-corrected chi connectivity index (χ0v) is 23.6. The van der Waals surface area contributed by atoms with Gasteiger partial charge in [0.15, 0.2) is 11.5 Å². The van der Waals surface area contributed by atoms with Gasteiger partial charge in [-0.25, -0.2) is 9.97 Å². The summed E-state index contributed by atoms with van der Waals surface area (Å²) in [6.07, 6.45) is -4.63. The van der Waals surface area contributed by atoms with Crippen molar-refractivity contribution in [2.45, 2.75) is 25.7 Å². The highest BCUT2D eigenvalue weighted by molar-refractivity contribution is 5.98. The van der Waals surface area contributed by atoms with Crippen LogP contribution in [0.2, 0.25) is 0 Å². The van der Waals surface area contributed by atoms with Crippen LogP contribution in [0.5, 0.6) is 5.75 Å². The number of benzene rings is 2. The molecule has 0 saturated carbocycles. The second-order valence-corrected chi connectivity index (χ2v) is 10.1. The number of fused-ring (bicyclic) bond motifs is 1. The summed E-state index contributed by atoms with van der Waals surface area (Å²) in [5.41, 5.74) is 7.65. The van der Waals surface area contributed by atoms with E-state index in [9.17, 15) is 18.0 Å². The molecule has 1 atom stereocenters. The van der Waals surface area contributed by atoms with Crippen LogP contribution in [0.1, 0.15) is 39.1 Å². The van der Waals surface area contributed by atoms with Crippen LogP contribution in [-0.4, -0.2) is 72.7 Å². The van der Waals surface area contributed by atoms with Crippen molar-refractivity contribution < 1.29 is 31.9 Å². The van der Waals surface area contributed by atoms with Gasteiger partial charge in [0.1, 0.15) is 17.0 Å². The normalized spacial score (nSPS) is 15.3. The van der Waals surface area contributed by atoms with Crippen molar-refractivity contribution in [1.82, 2.24) is 19.8 Å². The smallest absolute Gasteiger partial charge is 0.433 e. The van der Waals surface area contributed by atoms with Crippen molar-refractivity contribution >= 4 is 16.8 Å². The van der Waals surface area contributed by atoms with Gasteiger partial charge in [0.05, 0.1) is 26.3 Å². The third-order valence-corrected chi connectivity index (χ3v) is 7.48. The third kappa shape index (κ3) is 5.83. The van der Waals surface area contributed by atoms with Gasteiger partial charge in [-0.15, -0.1) is 0 Å². The van der Waals surface area contributed by atoms with Crippen molar-refractivity contribution in [1.29, 1.82) is 0 Å². The Morgan fingerprint density at radius 1 is 1.02 bits per heavy atom. The molecule has 1 aliphatic rings. The molecule has 3 heterocycles. The van der Waals surface area contributed by atoms with Gasteiger partial charge in [-0.3, -0.25) is 9.69 Å². The number of carbonyl (C=O) groups excluding carboxylic acids is 1. The molecule has 0 radical (unpaired) electrons. The first kappa shape index (κ1) is 29.5. The topological polar surface area (TPSA) is 107 Å². The Morgan fingerprint density at radius 2 is 1.74 bits per heavy atom. The first-order valence-electron chi connectivity index (χ1n) is 13.5. The van der Waals surface area contributed by atoms with E-state index >= 15 is 0 Å². The van der Waals surface area contributed by atoms with E-state index in [1.54, 1.807) is 18.1 Å². The quantitative estimate of drug-likeness (QED) is 0.315. The first-order chi connectivity index (χ1) is 20.1. The van der Waals surface area contributed by atoms with Gasteiger partial charge in [-0.1, -0.05) is 29.8 Å². The average molecular weight is 584 g/mol. The number of hydrogen-bond donors (Lipinski definition) is 1. The van der Waals surface area contributed by atoms with Gasteiger partial charge in [-0.05, 0) is 36.8 Å². The number of piperazine rings is 1. The lowest BCUT2D eigenvalue weighted by atomic mass is 10.0. The molecule has 5 rings (SSSR count). The molecule has 222 valence electrons. The van der Waals surface area contributed by atoms with Gasteiger partial charge >= 0.3 is 6.18 Å². The summed E-state index contributed by atoms with van der Waals surface area (Å²) in [6, 6.07) is 13.7.